The summed E-state index contributed by atoms with van der Waals surface area (Å²) in [5.41, 5.74) is 5.10. The van der Waals surface area contributed by atoms with Crippen molar-refractivity contribution in [3.05, 3.63) is 92.4 Å². The normalized spacial score (nSPS) is 16.7. The highest BCUT2D eigenvalue weighted by molar-refractivity contribution is 6.30. The first-order valence-corrected chi connectivity index (χ1v) is 7.92. The average Bonchev–Trinajstić information content (AvgIpc) is 2.97. The molecule has 0 aliphatic heterocycles. The van der Waals surface area contributed by atoms with Crippen molar-refractivity contribution in [1.29, 1.82) is 0 Å². The van der Waals surface area contributed by atoms with Gasteiger partial charge in [0.1, 0.15) is 0 Å². The Morgan fingerprint density at radius 1 is 0.957 bits per heavy atom. The van der Waals surface area contributed by atoms with Crippen molar-refractivity contribution >= 4 is 23.3 Å². The molecule has 1 aromatic heterocycles. The highest BCUT2D eigenvalue weighted by Crippen LogP contribution is 2.39. The van der Waals surface area contributed by atoms with Crippen molar-refractivity contribution in [3.63, 3.8) is 0 Å². The van der Waals surface area contributed by atoms with Crippen LogP contribution in [0.3, 0.4) is 0 Å². The molecule has 1 unspecified atom stereocenters. The van der Waals surface area contributed by atoms with Crippen LogP contribution in [0.15, 0.2) is 59.4 Å². The van der Waals surface area contributed by atoms with Gasteiger partial charge >= 0.3 is 0 Å². The molecule has 1 atom stereocenters. The first kappa shape index (κ1) is 14.1. The number of hydrogen-bond donors (Lipinski definition) is 2. The van der Waals surface area contributed by atoms with Crippen LogP contribution in [0.25, 0.3) is 11.6 Å². The molecule has 2 aromatic carbocycles. The lowest BCUT2D eigenvalue weighted by atomic mass is 9.80. The summed E-state index contributed by atoms with van der Waals surface area (Å²) in [6.45, 7) is 0. The van der Waals surface area contributed by atoms with Crippen LogP contribution < -0.4 is 5.56 Å². The Kier molecular flexibility index (Phi) is 3.43. The fraction of sp³-hybridized carbons (Fsp3) is 0.105. The monoisotopic (exact) mass is 322 g/mol. The second-order valence-corrected chi connectivity index (χ2v) is 6.19. The number of aromatic amines is 2. The third-order valence-corrected chi connectivity index (χ3v) is 4.61. The average molecular weight is 323 g/mol. The molecule has 0 saturated heterocycles. The van der Waals surface area contributed by atoms with Crippen LogP contribution in [0, 0.1) is 0 Å². The molecular weight excluding hydrogens is 308 g/mol. The molecule has 4 rings (SSSR count). The van der Waals surface area contributed by atoms with Gasteiger partial charge in [-0.1, -0.05) is 54.1 Å². The molecule has 4 heteroatoms. The quantitative estimate of drug-likeness (QED) is 0.720. The molecule has 3 aromatic rings. The maximum Gasteiger partial charge on any atom is 0.268 e. The third kappa shape index (κ3) is 2.53. The molecule has 1 heterocycles. The van der Waals surface area contributed by atoms with E-state index in [1.165, 1.54) is 11.1 Å². The van der Waals surface area contributed by atoms with Gasteiger partial charge in [-0.3, -0.25) is 15.0 Å². The lowest BCUT2D eigenvalue weighted by molar-refractivity contribution is 0.825. The van der Waals surface area contributed by atoms with Crippen LogP contribution in [-0.4, -0.2) is 10.2 Å². The number of fused-ring (bicyclic) bond motifs is 1. The van der Waals surface area contributed by atoms with Crippen LogP contribution >= 0.6 is 11.6 Å². The summed E-state index contributed by atoms with van der Waals surface area (Å²) in [6, 6.07) is 18.0. The van der Waals surface area contributed by atoms with Crippen molar-refractivity contribution < 1.29 is 0 Å². The van der Waals surface area contributed by atoms with Gasteiger partial charge in [-0.15, -0.1) is 0 Å². The molecule has 23 heavy (non-hydrogen) atoms. The molecule has 0 fully saturated rings. The van der Waals surface area contributed by atoms with E-state index in [1.807, 2.05) is 42.5 Å². The second kappa shape index (κ2) is 5.60. The summed E-state index contributed by atoms with van der Waals surface area (Å²) < 4.78 is 0. The zero-order valence-corrected chi connectivity index (χ0v) is 13.1. The van der Waals surface area contributed by atoms with E-state index in [4.69, 9.17) is 11.6 Å². The summed E-state index contributed by atoms with van der Waals surface area (Å²) in [4.78, 5) is 12.2. The Hall–Kier alpha value is -2.52. The summed E-state index contributed by atoms with van der Waals surface area (Å²) in [7, 11) is 0. The van der Waals surface area contributed by atoms with Gasteiger partial charge in [0.2, 0.25) is 0 Å². The largest absolute Gasteiger partial charge is 0.298 e. The topological polar surface area (TPSA) is 48.6 Å². The van der Waals surface area contributed by atoms with E-state index in [1.54, 1.807) is 0 Å². The molecule has 0 amide bonds. The Bertz CT molecular complexity index is 920. The highest BCUT2D eigenvalue weighted by atomic mass is 35.5. The number of hydrogen-bond acceptors (Lipinski definition) is 1. The number of halogens is 1. The zero-order valence-electron chi connectivity index (χ0n) is 12.3. The summed E-state index contributed by atoms with van der Waals surface area (Å²) >= 11 is 6.00. The number of H-pyrrole nitrogens is 2. The fourth-order valence-corrected chi connectivity index (χ4v) is 3.36. The van der Waals surface area contributed by atoms with Crippen LogP contribution in [0.1, 0.15) is 34.7 Å². The van der Waals surface area contributed by atoms with Crippen LogP contribution in [0.5, 0.6) is 0 Å². The molecule has 0 spiro atoms. The minimum absolute atomic E-state index is 0.0254. The molecule has 1 aliphatic rings. The number of rotatable bonds is 2. The Morgan fingerprint density at radius 2 is 1.70 bits per heavy atom. The lowest BCUT2D eigenvalue weighted by Gasteiger charge is -2.23. The van der Waals surface area contributed by atoms with Crippen molar-refractivity contribution in [2.24, 2.45) is 0 Å². The van der Waals surface area contributed by atoms with E-state index in [0.717, 1.165) is 23.2 Å². The third-order valence-electron chi connectivity index (χ3n) is 4.35. The van der Waals surface area contributed by atoms with Gasteiger partial charge in [0.15, 0.2) is 0 Å². The first-order chi connectivity index (χ1) is 11.2. The second-order valence-electron chi connectivity index (χ2n) is 5.75. The maximum atomic E-state index is 12.2. The maximum absolute atomic E-state index is 12.2. The van der Waals surface area contributed by atoms with Gasteiger partial charge in [-0.25, -0.2) is 0 Å². The van der Waals surface area contributed by atoms with Crippen LogP contribution in [-0.2, 0) is 0 Å². The van der Waals surface area contributed by atoms with Gasteiger partial charge in [-0.05, 0) is 41.3 Å². The smallest absolute Gasteiger partial charge is 0.268 e. The Labute approximate surface area is 138 Å². The predicted molar refractivity (Wildman–Crippen MR) is 93.6 cm³/mol. The molecular formula is C19H15ClN2O. The van der Waals surface area contributed by atoms with E-state index in [2.05, 4.69) is 28.4 Å². The minimum Gasteiger partial charge on any atom is -0.298 e. The zero-order chi connectivity index (χ0) is 15.8. The number of nitrogens with one attached hydrogen (secondary N) is 2. The van der Waals surface area contributed by atoms with Gasteiger partial charge in [0, 0.05) is 10.9 Å². The van der Waals surface area contributed by atoms with Gasteiger partial charge in [-0.2, -0.15) is 0 Å². The SMILES string of the molecule is O=c1[nH][nH]c2c1C(c1ccc(Cl)cc1)CC(c1ccccc1)=C2. The van der Waals surface area contributed by atoms with E-state index in [0.29, 0.717) is 5.02 Å². The Balaban J connectivity index is 1.84. The molecule has 0 saturated carbocycles. The predicted octanol–water partition coefficient (Wildman–Crippen LogP) is 4.43. The summed E-state index contributed by atoms with van der Waals surface area (Å²) in [5, 5.41) is 6.41. The van der Waals surface area contributed by atoms with Gasteiger partial charge < -0.3 is 0 Å². The lowest BCUT2D eigenvalue weighted by Crippen LogP contribution is -2.16. The molecule has 2 N–H and O–H groups in total. The van der Waals surface area contributed by atoms with E-state index in [9.17, 15) is 4.79 Å². The standard InChI is InChI=1S/C19H15ClN2O/c20-15-8-6-13(7-9-15)16-10-14(12-4-2-1-3-5-12)11-17-18(16)19(23)22-21-17/h1-9,11,16H,10H2,(H2,21,22,23). The van der Waals surface area contributed by atoms with Crippen LogP contribution in [0.4, 0.5) is 0 Å². The van der Waals surface area contributed by atoms with Crippen molar-refractivity contribution in [1.82, 2.24) is 10.2 Å². The summed E-state index contributed by atoms with van der Waals surface area (Å²) in [6.07, 6.45) is 2.86. The highest BCUT2D eigenvalue weighted by Gasteiger charge is 2.27. The van der Waals surface area contributed by atoms with Crippen molar-refractivity contribution in [2.75, 3.05) is 0 Å². The van der Waals surface area contributed by atoms with E-state index in [-0.39, 0.29) is 11.5 Å². The van der Waals surface area contributed by atoms with Gasteiger partial charge in [0.05, 0.1) is 11.3 Å². The Morgan fingerprint density at radius 3 is 2.43 bits per heavy atom. The molecule has 3 nitrogen and oxygen atoms in total. The number of allylic oxidation sites excluding steroid dienone is 1. The summed E-state index contributed by atoms with van der Waals surface area (Å²) in [5.74, 6) is 0.0254. The minimum atomic E-state index is -0.0525. The van der Waals surface area contributed by atoms with E-state index >= 15 is 0 Å². The van der Waals surface area contributed by atoms with Crippen molar-refractivity contribution in [3.8, 4) is 0 Å². The molecule has 114 valence electrons. The van der Waals surface area contributed by atoms with Crippen LogP contribution in [0.2, 0.25) is 5.02 Å². The first-order valence-electron chi connectivity index (χ1n) is 7.54. The van der Waals surface area contributed by atoms with Gasteiger partial charge in [0.25, 0.3) is 5.56 Å². The molecule has 1 aliphatic carbocycles. The van der Waals surface area contributed by atoms with Crippen molar-refractivity contribution in [2.45, 2.75) is 12.3 Å². The molecule has 0 bridgehead atoms. The fourth-order valence-electron chi connectivity index (χ4n) is 3.23. The molecule has 0 radical (unpaired) electrons. The van der Waals surface area contributed by atoms with E-state index < -0.39 is 0 Å². The number of aromatic nitrogens is 2. The number of benzene rings is 2.